The Kier molecular flexibility index (Phi) is 8.93. The Labute approximate surface area is 126 Å². The van der Waals surface area contributed by atoms with Crippen LogP contribution in [0.2, 0.25) is 0 Å². The van der Waals surface area contributed by atoms with Gasteiger partial charge in [0.15, 0.2) is 0 Å². The van der Waals surface area contributed by atoms with Crippen molar-refractivity contribution in [2.75, 3.05) is 0 Å². The fraction of sp³-hybridized carbons (Fsp3) is 0.529. The lowest BCUT2D eigenvalue weighted by molar-refractivity contribution is -0.305. The van der Waals surface area contributed by atoms with Crippen LogP contribution in [0.15, 0.2) is 30.3 Å². The van der Waals surface area contributed by atoms with Gasteiger partial charge in [0.05, 0.1) is 0 Å². The largest absolute Gasteiger partial charge is 0.550 e. The van der Waals surface area contributed by atoms with Crippen LogP contribution < -0.4 is 5.11 Å². The molecule has 4 heteroatoms. The molecule has 0 aliphatic rings. The summed E-state index contributed by atoms with van der Waals surface area (Å²) >= 11 is 0. The lowest BCUT2D eigenvalue weighted by Gasteiger charge is -2.05. The van der Waals surface area contributed by atoms with Crippen molar-refractivity contribution in [2.45, 2.75) is 58.0 Å². The minimum atomic E-state index is -0.976. The van der Waals surface area contributed by atoms with E-state index >= 15 is 0 Å². The summed E-state index contributed by atoms with van der Waals surface area (Å²) in [5, 5.41) is 10.2. The van der Waals surface area contributed by atoms with Crippen LogP contribution in [0.4, 0.5) is 0 Å². The fourth-order valence-corrected chi connectivity index (χ4v) is 2.06. The molecule has 0 aliphatic heterocycles. The molecule has 0 aromatic heterocycles. The molecule has 0 aliphatic carbocycles. The molecule has 1 aromatic carbocycles. The predicted molar refractivity (Wildman–Crippen MR) is 78.2 cm³/mol. The Bertz CT molecular complexity index is 414. The summed E-state index contributed by atoms with van der Waals surface area (Å²) < 4.78 is 5.19. The standard InChI is InChI=1S/C17H24O4/c18-16(19)12-8-3-1-2-4-9-13-17(20)21-14-15-10-6-5-7-11-15/h5-7,10-11H,1-4,8-9,12-14H2,(H,18,19)/p-1. The summed E-state index contributed by atoms with van der Waals surface area (Å²) in [6.07, 6.45) is 6.02. The van der Waals surface area contributed by atoms with Gasteiger partial charge in [-0.05, 0) is 24.8 Å². The Hall–Kier alpha value is -1.84. The number of carbonyl (C=O) groups excluding carboxylic acids is 2. The van der Waals surface area contributed by atoms with E-state index in [1.807, 2.05) is 30.3 Å². The quantitative estimate of drug-likeness (QED) is 0.464. The highest BCUT2D eigenvalue weighted by Gasteiger charge is 2.03. The summed E-state index contributed by atoms with van der Waals surface area (Å²) in [4.78, 5) is 21.7. The third kappa shape index (κ3) is 9.66. The van der Waals surface area contributed by atoms with Crippen LogP contribution in [0, 0.1) is 0 Å². The molecule has 0 unspecified atom stereocenters. The number of aliphatic carboxylic acids is 1. The van der Waals surface area contributed by atoms with Gasteiger partial charge in [0.25, 0.3) is 0 Å². The molecular formula is C17H23O4-. The monoisotopic (exact) mass is 291 g/mol. The Morgan fingerprint density at radius 1 is 0.857 bits per heavy atom. The number of unbranched alkanes of at least 4 members (excludes halogenated alkanes) is 5. The van der Waals surface area contributed by atoms with Crippen molar-refractivity contribution in [1.29, 1.82) is 0 Å². The first-order valence-corrected chi connectivity index (χ1v) is 7.58. The molecule has 0 bridgehead atoms. The molecule has 1 aromatic rings. The maximum atomic E-state index is 11.5. The van der Waals surface area contributed by atoms with Gasteiger partial charge in [-0.2, -0.15) is 0 Å². The van der Waals surface area contributed by atoms with Gasteiger partial charge in [-0.3, -0.25) is 4.79 Å². The molecule has 0 atom stereocenters. The summed E-state index contributed by atoms with van der Waals surface area (Å²) in [7, 11) is 0. The number of rotatable bonds is 11. The van der Waals surface area contributed by atoms with Crippen LogP contribution in [-0.4, -0.2) is 11.9 Å². The second-order valence-electron chi connectivity index (χ2n) is 5.14. The van der Waals surface area contributed by atoms with Gasteiger partial charge in [-0.1, -0.05) is 56.0 Å². The van der Waals surface area contributed by atoms with Crippen LogP contribution >= 0.6 is 0 Å². The van der Waals surface area contributed by atoms with Crippen molar-refractivity contribution >= 4 is 11.9 Å². The van der Waals surface area contributed by atoms with Crippen molar-refractivity contribution in [3.05, 3.63) is 35.9 Å². The van der Waals surface area contributed by atoms with Crippen molar-refractivity contribution in [3.8, 4) is 0 Å². The molecular weight excluding hydrogens is 268 g/mol. The highest BCUT2D eigenvalue weighted by Crippen LogP contribution is 2.09. The summed E-state index contributed by atoms with van der Waals surface area (Å²) in [5.41, 5.74) is 0.999. The number of hydrogen-bond donors (Lipinski definition) is 0. The van der Waals surface area contributed by atoms with Gasteiger partial charge in [0.2, 0.25) is 0 Å². The molecule has 4 nitrogen and oxygen atoms in total. The second kappa shape index (κ2) is 10.9. The van der Waals surface area contributed by atoms with E-state index in [1.54, 1.807) is 0 Å². The number of carbonyl (C=O) groups is 2. The maximum Gasteiger partial charge on any atom is 0.306 e. The minimum Gasteiger partial charge on any atom is -0.550 e. The third-order valence-electron chi connectivity index (χ3n) is 3.25. The molecule has 0 saturated carbocycles. The minimum absolute atomic E-state index is 0.145. The lowest BCUT2D eigenvalue weighted by atomic mass is 10.1. The number of esters is 1. The lowest BCUT2D eigenvalue weighted by Crippen LogP contribution is -2.21. The zero-order chi connectivity index (χ0) is 15.3. The van der Waals surface area contributed by atoms with Crippen molar-refractivity contribution < 1.29 is 19.4 Å². The van der Waals surface area contributed by atoms with E-state index in [0.717, 1.165) is 37.7 Å². The highest BCUT2D eigenvalue weighted by atomic mass is 16.5. The molecule has 0 radical (unpaired) electrons. The molecule has 0 amide bonds. The van der Waals surface area contributed by atoms with Crippen LogP contribution in [0.1, 0.15) is 56.9 Å². The predicted octanol–water partition coefficient (Wildman–Crippen LogP) is 2.60. The SMILES string of the molecule is O=C([O-])CCCCCCCCC(=O)OCc1ccccc1. The number of carboxylic acid groups (broad SMARTS) is 1. The summed E-state index contributed by atoms with van der Waals surface area (Å²) in [6.45, 7) is 0.336. The van der Waals surface area contributed by atoms with Crippen LogP contribution in [0.5, 0.6) is 0 Å². The second-order valence-corrected chi connectivity index (χ2v) is 5.14. The third-order valence-corrected chi connectivity index (χ3v) is 3.25. The van der Waals surface area contributed by atoms with E-state index in [1.165, 1.54) is 0 Å². The van der Waals surface area contributed by atoms with Crippen molar-refractivity contribution in [2.24, 2.45) is 0 Å². The zero-order valence-corrected chi connectivity index (χ0v) is 12.4. The first-order valence-electron chi connectivity index (χ1n) is 7.58. The van der Waals surface area contributed by atoms with E-state index in [0.29, 0.717) is 19.4 Å². The van der Waals surface area contributed by atoms with E-state index in [4.69, 9.17) is 4.74 Å². The van der Waals surface area contributed by atoms with Gasteiger partial charge in [0, 0.05) is 12.4 Å². The van der Waals surface area contributed by atoms with E-state index < -0.39 is 5.97 Å². The first kappa shape index (κ1) is 17.2. The van der Waals surface area contributed by atoms with E-state index in [-0.39, 0.29) is 12.4 Å². The number of hydrogen-bond acceptors (Lipinski definition) is 4. The van der Waals surface area contributed by atoms with Crippen molar-refractivity contribution in [1.82, 2.24) is 0 Å². The molecule has 0 spiro atoms. The molecule has 1 rings (SSSR count). The molecule has 0 N–H and O–H groups in total. The smallest absolute Gasteiger partial charge is 0.306 e. The van der Waals surface area contributed by atoms with Gasteiger partial charge < -0.3 is 14.6 Å². The maximum absolute atomic E-state index is 11.5. The molecule has 21 heavy (non-hydrogen) atoms. The Balaban J connectivity index is 1.93. The Morgan fingerprint density at radius 3 is 2.05 bits per heavy atom. The Morgan fingerprint density at radius 2 is 1.43 bits per heavy atom. The molecule has 116 valence electrons. The van der Waals surface area contributed by atoms with Gasteiger partial charge in [-0.25, -0.2) is 0 Å². The number of carboxylic acids is 1. The average Bonchev–Trinajstić information content (AvgIpc) is 2.48. The van der Waals surface area contributed by atoms with Gasteiger partial charge in [0.1, 0.15) is 6.61 Å². The molecule has 0 saturated heterocycles. The topological polar surface area (TPSA) is 66.4 Å². The average molecular weight is 291 g/mol. The van der Waals surface area contributed by atoms with Crippen LogP contribution in [0.25, 0.3) is 0 Å². The summed E-state index contributed by atoms with van der Waals surface area (Å²) in [6, 6.07) is 9.63. The van der Waals surface area contributed by atoms with Crippen molar-refractivity contribution in [3.63, 3.8) is 0 Å². The molecule has 0 heterocycles. The van der Waals surface area contributed by atoms with E-state index in [9.17, 15) is 14.7 Å². The molecule has 0 fully saturated rings. The fourth-order valence-electron chi connectivity index (χ4n) is 2.06. The van der Waals surface area contributed by atoms with E-state index in [2.05, 4.69) is 0 Å². The van der Waals surface area contributed by atoms with Crippen LogP contribution in [-0.2, 0) is 20.9 Å². The zero-order valence-electron chi connectivity index (χ0n) is 12.4. The highest BCUT2D eigenvalue weighted by molar-refractivity contribution is 5.69. The summed E-state index contributed by atoms with van der Waals surface area (Å²) in [5.74, 6) is -1.13. The van der Waals surface area contributed by atoms with Gasteiger partial charge >= 0.3 is 5.97 Å². The number of benzene rings is 1. The normalized spacial score (nSPS) is 10.3. The first-order chi connectivity index (χ1) is 10.2. The number of ether oxygens (including phenoxy) is 1. The van der Waals surface area contributed by atoms with Gasteiger partial charge in [-0.15, -0.1) is 0 Å². The van der Waals surface area contributed by atoms with Crippen LogP contribution in [0.3, 0.4) is 0 Å².